The molecule has 1 heteroatoms. The van der Waals surface area contributed by atoms with Crippen molar-refractivity contribution in [3.63, 3.8) is 0 Å². The van der Waals surface area contributed by atoms with Gasteiger partial charge in [0.25, 0.3) is 0 Å². The number of hydrogen-bond acceptors (Lipinski definition) is 1. The fourth-order valence-electron chi connectivity index (χ4n) is 3.03. The molecule has 0 bridgehead atoms. The second kappa shape index (κ2) is 7.40. The predicted molar refractivity (Wildman–Crippen MR) is 110 cm³/mol. The maximum Gasteiger partial charge on any atom is 0.0485 e. The van der Waals surface area contributed by atoms with E-state index < -0.39 is 0 Å². The summed E-state index contributed by atoms with van der Waals surface area (Å²) in [5, 5.41) is 6.02. The van der Waals surface area contributed by atoms with E-state index in [-0.39, 0.29) is 6.04 Å². The van der Waals surface area contributed by atoms with Crippen molar-refractivity contribution in [2.75, 3.05) is 0 Å². The Morgan fingerprint density at radius 2 is 1.72 bits per heavy atom. The van der Waals surface area contributed by atoms with Crippen LogP contribution in [-0.4, -0.2) is 0 Å². The summed E-state index contributed by atoms with van der Waals surface area (Å²) in [7, 11) is 0. The van der Waals surface area contributed by atoms with Crippen LogP contribution in [0.25, 0.3) is 16.8 Å². The summed E-state index contributed by atoms with van der Waals surface area (Å²) in [6.45, 7) is 10.6. The molecule has 0 saturated carbocycles. The molecule has 1 atom stereocenters. The number of hydrogen-bond donors (Lipinski definition) is 1. The molecule has 0 spiro atoms. The maximum atomic E-state index is 4.15. The lowest BCUT2D eigenvalue weighted by molar-refractivity contribution is 0.668. The van der Waals surface area contributed by atoms with Gasteiger partial charge in [-0.05, 0) is 65.9 Å². The van der Waals surface area contributed by atoms with Crippen molar-refractivity contribution in [1.29, 1.82) is 0 Å². The van der Waals surface area contributed by atoms with Gasteiger partial charge in [-0.15, -0.1) is 0 Å². The molecule has 0 unspecified atom stereocenters. The lowest BCUT2D eigenvalue weighted by Gasteiger charge is -2.16. The van der Waals surface area contributed by atoms with Crippen molar-refractivity contribution < 1.29 is 0 Å². The quantitative estimate of drug-likeness (QED) is 0.540. The molecule has 0 radical (unpaired) electrons. The molecular formula is C24H25N. The van der Waals surface area contributed by atoms with Crippen LogP contribution in [0.4, 0.5) is 0 Å². The van der Waals surface area contributed by atoms with E-state index in [4.69, 9.17) is 0 Å². The van der Waals surface area contributed by atoms with Gasteiger partial charge >= 0.3 is 0 Å². The highest BCUT2D eigenvalue weighted by molar-refractivity contribution is 5.83. The molecule has 1 N–H and O–H groups in total. The molecule has 0 aliphatic carbocycles. The van der Waals surface area contributed by atoms with Gasteiger partial charge in [0.05, 0.1) is 0 Å². The van der Waals surface area contributed by atoms with Crippen molar-refractivity contribution in [2.45, 2.75) is 26.8 Å². The van der Waals surface area contributed by atoms with E-state index in [0.717, 1.165) is 5.70 Å². The zero-order valence-corrected chi connectivity index (χ0v) is 15.2. The topological polar surface area (TPSA) is 12.0 Å². The van der Waals surface area contributed by atoms with Crippen LogP contribution < -0.4 is 5.32 Å². The molecule has 0 saturated heterocycles. The van der Waals surface area contributed by atoms with E-state index in [2.05, 4.69) is 105 Å². The van der Waals surface area contributed by atoms with E-state index in [1.54, 1.807) is 0 Å². The van der Waals surface area contributed by atoms with Gasteiger partial charge in [-0.1, -0.05) is 67.3 Å². The van der Waals surface area contributed by atoms with Crippen molar-refractivity contribution in [3.05, 3.63) is 101 Å². The van der Waals surface area contributed by atoms with Crippen LogP contribution in [0.3, 0.4) is 0 Å². The molecule has 0 fully saturated rings. The number of rotatable bonds is 5. The number of aryl methyl sites for hydroxylation is 1. The Morgan fingerprint density at radius 1 is 0.960 bits per heavy atom. The van der Waals surface area contributed by atoms with E-state index >= 15 is 0 Å². The molecule has 126 valence electrons. The lowest BCUT2D eigenvalue weighted by atomic mass is 10.0. The molecule has 3 aromatic rings. The third kappa shape index (κ3) is 4.00. The highest BCUT2D eigenvalue weighted by Crippen LogP contribution is 2.21. The fraction of sp³-hybridized carbons (Fsp3) is 0.167. The minimum absolute atomic E-state index is 0.209. The first-order valence-electron chi connectivity index (χ1n) is 8.73. The average Bonchev–Trinajstić information content (AvgIpc) is 2.62. The Balaban J connectivity index is 1.71. The van der Waals surface area contributed by atoms with Gasteiger partial charge < -0.3 is 5.32 Å². The predicted octanol–water partition coefficient (Wildman–Crippen LogP) is 6.33. The van der Waals surface area contributed by atoms with Crippen molar-refractivity contribution in [1.82, 2.24) is 5.32 Å². The second-order valence-electron chi connectivity index (χ2n) is 6.62. The Hall–Kier alpha value is -2.80. The molecule has 25 heavy (non-hydrogen) atoms. The van der Waals surface area contributed by atoms with Gasteiger partial charge in [-0.3, -0.25) is 0 Å². The summed E-state index contributed by atoms with van der Waals surface area (Å²) in [5.41, 5.74) is 6.04. The molecule has 3 aromatic carbocycles. The molecule has 0 aliphatic heterocycles. The molecule has 0 heterocycles. The normalized spacial score (nSPS) is 12.4. The van der Waals surface area contributed by atoms with Gasteiger partial charge in [-0.2, -0.15) is 0 Å². The van der Waals surface area contributed by atoms with Crippen LogP contribution in [0.1, 0.15) is 35.2 Å². The monoisotopic (exact) mass is 327 g/mol. The minimum Gasteiger partial charge on any atom is -0.379 e. The summed E-state index contributed by atoms with van der Waals surface area (Å²) in [6.07, 6.45) is 4.18. The average molecular weight is 327 g/mol. The standard InChI is InChI=1S/C24H25N/c1-17-8-7-11-21(19(17)3)13-12-18(2)25-20(4)23-15-14-22-9-5-6-10-24(22)16-23/h5-16,20,25H,2H2,1,3-4H3/b13-12+/t20-/m0/s1. The zero-order chi connectivity index (χ0) is 17.8. The van der Waals surface area contributed by atoms with Crippen LogP contribution in [0.2, 0.25) is 0 Å². The van der Waals surface area contributed by atoms with Crippen LogP contribution >= 0.6 is 0 Å². The maximum absolute atomic E-state index is 4.15. The number of benzene rings is 3. The SMILES string of the molecule is C=C(/C=C/c1cccc(C)c1C)N[C@@H](C)c1ccc2ccccc2c1. The lowest BCUT2D eigenvalue weighted by Crippen LogP contribution is -2.16. The van der Waals surface area contributed by atoms with E-state index in [1.807, 2.05) is 0 Å². The summed E-state index contributed by atoms with van der Waals surface area (Å²) in [4.78, 5) is 0. The summed E-state index contributed by atoms with van der Waals surface area (Å²) in [5.74, 6) is 0. The van der Waals surface area contributed by atoms with Crippen LogP contribution in [-0.2, 0) is 0 Å². The summed E-state index contributed by atoms with van der Waals surface area (Å²) < 4.78 is 0. The van der Waals surface area contributed by atoms with Gasteiger partial charge in [-0.25, -0.2) is 0 Å². The van der Waals surface area contributed by atoms with Crippen LogP contribution in [0.15, 0.2) is 79.0 Å². The molecule has 0 aromatic heterocycles. The number of nitrogens with one attached hydrogen (secondary N) is 1. The number of fused-ring (bicyclic) bond motifs is 1. The largest absolute Gasteiger partial charge is 0.379 e. The smallest absolute Gasteiger partial charge is 0.0485 e. The van der Waals surface area contributed by atoms with Gasteiger partial charge in [0, 0.05) is 11.7 Å². The summed E-state index contributed by atoms with van der Waals surface area (Å²) >= 11 is 0. The first kappa shape index (κ1) is 17.0. The highest BCUT2D eigenvalue weighted by Gasteiger charge is 2.06. The van der Waals surface area contributed by atoms with Gasteiger partial charge in [0.15, 0.2) is 0 Å². The Labute approximate surface area is 150 Å². The third-order valence-corrected chi connectivity index (χ3v) is 4.79. The second-order valence-corrected chi connectivity index (χ2v) is 6.62. The van der Waals surface area contributed by atoms with E-state index in [9.17, 15) is 0 Å². The van der Waals surface area contributed by atoms with Crippen molar-refractivity contribution >= 4 is 16.8 Å². The molecular weight excluding hydrogens is 302 g/mol. The first-order chi connectivity index (χ1) is 12.0. The van der Waals surface area contributed by atoms with Crippen molar-refractivity contribution in [2.24, 2.45) is 0 Å². The van der Waals surface area contributed by atoms with Gasteiger partial charge in [0.2, 0.25) is 0 Å². The molecule has 0 amide bonds. The minimum atomic E-state index is 0.209. The molecule has 0 aliphatic rings. The Morgan fingerprint density at radius 3 is 2.52 bits per heavy atom. The highest BCUT2D eigenvalue weighted by atomic mass is 14.9. The molecule has 1 nitrogen and oxygen atoms in total. The van der Waals surface area contributed by atoms with Crippen molar-refractivity contribution in [3.8, 4) is 0 Å². The Kier molecular flexibility index (Phi) is 5.04. The molecule has 3 rings (SSSR count). The van der Waals surface area contributed by atoms with Crippen LogP contribution in [0.5, 0.6) is 0 Å². The van der Waals surface area contributed by atoms with E-state index in [0.29, 0.717) is 0 Å². The van der Waals surface area contributed by atoms with Crippen LogP contribution in [0, 0.1) is 13.8 Å². The fourth-order valence-corrected chi connectivity index (χ4v) is 3.03. The first-order valence-corrected chi connectivity index (χ1v) is 8.73. The van der Waals surface area contributed by atoms with E-state index in [1.165, 1.54) is 33.0 Å². The summed E-state index contributed by atoms with van der Waals surface area (Å²) in [6, 6.07) is 21.6. The van der Waals surface area contributed by atoms with Gasteiger partial charge in [0.1, 0.15) is 0 Å². The Bertz CT molecular complexity index is 934. The number of allylic oxidation sites excluding steroid dienone is 1. The third-order valence-electron chi connectivity index (χ3n) is 4.79. The zero-order valence-electron chi connectivity index (χ0n) is 15.2.